The maximum Gasteiger partial charge on any atom is 0.155 e. The summed E-state index contributed by atoms with van der Waals surface area (Å²) in [6, 6.07) is 0. The summed E-state index contributed by atoms with van der Waals surface area (Å²) in [4.78, 5) is 21.3. The molecule has 0 rings (SSSR count). The minimum absolute atomic E-state index is 0.225. The van der Waals surface area contributed by atoms with Crippen molar-refractivity contribution in [2.75, 3.05) is 0 Å². The van der Waals surface area contributed by atoms with Crippen LogP contribution in [0.3, 0.4) is 0 Å². The predicted molar refractivity (Wildman–Crippen MR) is 78.8 cm³/mol. The number of carbonyl (C=O) groups is 2. The highest BCUT2D eigenvalue weighted by Gasteiger charge is 1.95. The van der Waals surface area contributed by atoms with Gasteiger partial charge in [0.05, 0.1) is 0 Å². The normalized spacial score (nSPS) is 10.0. The standard InChI is InChI=1S/C8H16O.C8H14O/c2*1-3-5-6-7-8(9)4-2/h3-7H2,1-2H3;6-7H,3-5H2,1-2H3. The molecular weight excluding hydrogens is 224 g/mol. The van der Waals surface area contributed by atoms with Crippen molar-refractivity contribution in [3.8, 4) is 0 Å². The molecule has 0 unspecified atom stereocenters. The molecule has 0 saturated heterocycles. The van der Waals surface area contributed by atoms with Crippen LogP contribution in [-0.2, 0) is 9.59 Å². The Morgan fingerprint density at radius 2 is 1.56 bits per heavy atom. The molecule has 2 heteroatoms. The van der Waals surface area contributed by atoms with Crippen LogP contribution in [-0.4, -0.2) is 11.6 Å². The first-order valence-corrected chi connectivity index (χ1v) is 7.33. The van der Waals surface area contributed by atoms with Crippen molar-refractivity contribution in [3.63, 3.8) is 0 Å². The van der Waals surface area contributed by atoms with Gasteiger partial charge in [-0.25, -0.2) is 0 Å². The Kier molecular flexibility index (Phi) is 17.3. The van der Waals surface area contributed by atoms with Crippen LogP contribution in [0.4, 0.5) is 0 Å². The van der Waals surface area contributed by atoms with Gasteiger partial charge in [0.1, 0.15) is 5.78 Å². The lowest BCUT2D eigenvalue weighted by molar-refractivity contribution is -0.119. The lowest BCUT2D eigenvalue weighted by atomic mass is 10.1. The van der Waals surface area contributed by atoms with E-state index < -0.39 is 0 Å². The molecule has 0 atom stereocenters. The smallest absolute Gasteiger partial charge is 0.155 e. The van der Waals surface area contributed by atoms with E-state index in [0.29, 0.717) is 18.6 Å². The number of ketones is 2. The summed E-state index contributed by atoms with van der Waals surface area (Å²) in [5.74, 6) is 0.631. The maximum atomic E-state index is 10.7. The molecule has 0 aromatic rings. The van der Waals surface area contributed by atoms with Crippen LogP contribution in [0.5, 0.6) is 0 Å². The quantitative estimate of drug-likeness (QED) is 0.434. The van der Waals surface area contributed by atoms with Crippen LogP contribution in [0.1, 0.15) is 79.1 Å². The summed E-state index contributed by atoms with van der Waals surface area (Å²) in [5, 5.41) is 0. The van der Waals surface area contributed by atoms with Crippen LogP contribution in [0.2, 0.25) is 0 Å². The van der Waals surface area contributed by atoms with Gasteiger partial charge in [0, 0.05) is 19.3 Å². The fourth-order valence-electron chi connectivity index (χ4n) is 1.25. The molecule has 0 saturated carbocycles. The summed E-state index contributed by atoms with van der Waals surface area (Å²) in [6.45, 7) is 8.05. The highest BCUT2D eigenvalue weighted by atomic mass is 16.1. The largest absolute Gasteiger partial charge is 0.300 e. The van der Waals surface area contributed by atoms with E-state index in [2.05, 4.69) is 13.8 Å². The molecule has 0 N–H and O–H groups in total. The van der Waals surface area contributed by atoms with Gasteiger partial charge in [-0.2, -0.15) is 0 Å². The van der Waals surface area contributed by atoms with Crippen molar-refractivity contribution in [1.82, 2.24) is 0 Å². The second-order valence-corrected chi connectivity index (χ2v) is 4.36. The molecule has 0 amide bonds. The van der Waals surface area contributed by atoms with Crippen molar-refractivity contribution in [2.45, 2.75) is 79.1 Å². The summed E-state index contributed by atoms with van der Waals surface area (Å²) in [6.07, 6.45) is 11.4. The van der Waals surface area contributed by atoms with E-state index in [1.54, 1.807) is 6.08 Å². The van der Waals surface area contributed by atoms with Crippen molar-refractivity contribution >= 4 is 11.6 Å². The Balaban J connectivity index is 0. The van der Waals surface area contributed by atoms with E-state index in [1.165, 1.54) is 12.8 Å². The molecule has 106 valence electrons. The predicted octanol–water partition coefficient (Wildman–Crippen LogP) is 4.87. The average molecular weight is 254 g/mol. The maximum absolute atomic E-state index is 10.7. The third-order valence-corrected chi connectivity index (χ3v) is 2.56. The highest BCUT2D eigenvalue weighted by Crippen LogP contribution is 2.00. The SMILES string of the molecule is CCCC=CC(=O)CC.CCCCCC(=O)CC. The van der Waals surface area contributed by atoms with Gasteiger partial charge in [-0.15, -0.1) is 0 Å². The molecule has 0 aliphatic carbocycles. The Morgan fingerprint density at radius 1 is 0.889 bits per heavy atom. The molecule has 0 fully saturated rings. The van der Waals surface area contributed by atoms with Crippen LogP contribution >= 0.6 is 0 Å². The minimum Gasteiger partial charge on any atom is -0.300 e. The Morgan fingerprint density at radius 3 is 2.00 bits per heavy atom. The number of Topliss-reactive ketones (excluding diaryl/α,β-unsaturated/α-hetero) is 1. The molecule has 18 heavy (non-hydrogen) atoms. The molecule has 0 bridgehead atoms. The number of hydrogen-bond acceptors (Lipinski definition) is 2. The number of hydrogen-bond donors (Lipinski definition) is 0. The third kappa shape index (κ3) is 17.5. The van der Waals surface area contributed by atoms with E-state index in [0.717, 1.165) is 25.7 Å². The number of unbranched alkanes of at least 4 members (excludes halogenated alkanes) is 3. The van der Waals surface area contributed by atoms with E-state index in [-0.39, 0.29) is 5.78 Å². The summed E-state index contributed by atoms with van der Waals surface area (Å²) in [5.41, 5.74) is 0. The van der Waals surface area contributed by atoms with Gasteiger partial charge in [-0.3, -0.25) is 9.59 Å². The molecule has 0 radical (unpaired) electrons. The lowest BCUT2D eigenvalue weighted by Gasteiger charge is -1.93. The highest BCUT2D eigenvalue weighted by molar-refractivity contribution is 5.89. The first-order chi connectivity index (χ1) is 8.62. The van der Waals surface area contributed by atoms with E-state index >= 15 is 0 Å². The summed E-state index contributed by atoms with van der Waals surface area (Å²) < 4.78 is 0. The van der Waals surface area contributed by atoms with E-state index in [1.807, 2.05) is 19.9 Å². The van der Waals surface area contributed by atoms with Gasteiger partial charge in [0.2, 0.25) is 0 Å². The Labute approximate surface area is 113 Å². The fraction of sp³-hybridized carbons (Fsp3) is 0.750. The zero-order chi connectivity index (χ0) is 14.2. The van der Waals surface area contributed by atoms with Crippen molar-refractivity contribution < 1.29 is 9.59 Å². The van der Waals surface area contributed by atoms with Gasteiger partial charge in [-0.1, -0.05) is 53.0 Å². The van der Waals surface area contributed by atoms with Crippen LogP contribution in [0.25, 0.3) is 0 Å². The molecule has 0 aliphatic rings. The molecule has 0 aromatic carbocycles. The Bertz CT molecular complexity index is 229. The first kappa shape index (κ1) is 19.4. The van der Waals surface area contributed by atoms with Crippen molar-refractivity contribution in [2.24, 2.45) is 0 Å². The Hall–Kier alpha value is -0.920. The van der Waals surface area contributed by atoms with Crippen LogP contribution in [0, 0.1) is 0 Å². The van der Waals surface area contributed by atoms with Crippen LogP contribution in [0.15, 0.2) is 12.2 Å². The van der Waals surface area contributed by atoms with Gasteiger partial charge in [0.15, 0.2) is 5.78 Å². The van der Waals surface area contributed by atoms with Gasteiger partial charge < -0.3 is 0 Å². The molecule has 0 spiro atoms. The van der Waals surface area contributed by atoms with Gasteiger partial charge in [0.25, 0.3) is 0 Å². The number of carbonyl (C=O) groups excluding carboxylic acids is 2. The van der Waals surface area contributed by atoms with Crippen LogP contribution < -0.4 is 0 Å². The third-order valence-electron chi connectivity index (χ3n) is 2.56. The summed E-state index contributed by atoms with van der Waals surface area (Å²) >= 11 is 0. The topological polar surface area (TPSA) is 34.1 Å². The lowest BCUT2D eigenvalue weighted by Crippen LogP contribution is -1.93. The van der Waals surface area contributed by atoms with E-state index in [9.17, 15) is 9.59 Å². The summed E-state index contributed by atoms with van der Waals surface area (Å²) in [7, 11) is 0. The average Bonchev–Trinajstić information content (AvgIpc) is 2.39. The monoisotopic (exact) mass is 254 g/mol. The van der Waals surface area contributed by atoms with Gasteiger partial charge in [-0.05, 0) is 18.9 Å². The first-order valence-electron chi connectivity index (χ1n) is 7.33. The van der Waals surface area contributed by atoms with E-state index in [4.69, 9.17) is 0 Å². The number of allylic oxidation sites excluding steroid dienone is 2. The molecule has 0 aliphatic heterocycles. The molecule has 0 heterocycles. The molecular formula is C16H30O2. The zero-order valence-electron chi connectivity index (χ0n) is 12.6. The fourth-order valence-corrected chi connectivity index (χ4v) is 1.25. The second kappa shape index (κ2) is 16.1. The molecule has 2 nitrogen and oxygen atoms in total. The molecule has 0 aromatic heterocycles. The number of rotatable bonds is 9. The second-order valence-electron chi connectivity index (χ2n) is 4.36. The van der Waals surface area contributed by atoms with Gasteiger partial charge >= 0.3 is 0 Å². The van der Waals surface area contributed by atoms with Crippen molar-refractivity contribution in [1.29, 1.82) is 0 Å². The van der Waals surface area contributed by atoms with Crippen molar-refractivity contribution in [3.05, 3.63) is 12.2 Å². The zero-order valence-corrected chi connectivity index (χ0v) is 12.6. The minimum atomic E-state index is 0.225.